The second-order valence-electron chi connectivity index (χ2n) is 5.59. The van der Waals surface area contributed by atoms with Gasteiger partial charge in [0.15, 0.2) is 11.5 Å². The molecule has 1 heterocycles. The van der Waals surface area contributed by atoms with E-state index in [1.165, 1.54) is 5.56 Å². The van der Waals surface area contributed by atoms with Crippen LogP contribution < -0.4 is 14.8 Å². The maximum Gasteiger partial charge on any atom is 0.255 e. The number of anilines is 1. The van der Waals surface area contributed by atoms with Gasteiger partial charge in [-0.3, -0.25) is 4.79 Å². The molecule has 2 aromatic rings. The first-order chi connectivity index (χ1) is 10.6. The zero-order valence-electron chi connectivity index (χ0n) is 12.8. The minimum atomic E-state index is -0.132. The molecule has 0 saturated carbocycles. The smallest absolute Gasteiger partial charge is 0.255 e. The number of carbonyl (C=O) groups excluding carboxylic acids is 1. The van der Waals surface area contributed by atoms with E-state index in [0.717, 1.165) is 0 Å². The first-order valence-electron chi connectivity index (χ1n) is 7.44. The number of carbonyl (C=O) groups is 1. The van der Waals surface area contributed by atoms with E-state index in [2.05, 4.69) is 19.2 Å². The van der Waals surface area contributed by atoms with Crippen LogP contribution in [0.5, 0.6) is 11.5 Å². The molecule has 4 nitrogen and oxygen atoms in total. The number of hydrogen-bond acceptors (Lipinski definition) is 3. The molecule has 0 aliphatic carbocycles. The van der Waals surface area contributed by atoms with E-state index >= 15 is 0 Å². The Morgan fingerprint density at radius 2 is 1.68 bits per heavy atom. The van der Waals surface area contributed by atoms with Gasteiger partial charge in [-0.15, -0.1) is 0 Å². The van der Waals surface area contributed by atoms with E-state index in [-0.39, 0.29) is 5.91 Å². The molecule has 3 rings (SSSR count). The predicted octanol–water partition coefficient (Wildman–Crippen LogP) is 3.83. The highest BCUT2D eigenvalue weighted by molar-refractivity contribution is 6.04. The van der Waals surface area contributed by atoms with Crippen LogP contribution in [0.15, 0.2) is 42.5 Å². The van der Waals surface area contributed by atoms with Crippen LogP contribution in [-0.2, 0) is 0 Å². The second kappa shape index (κ2) is 6.10. The van der Waals surface area contributed by atoms with Crippen molar-refractivity contribution in [2.24, 2.45) is 0 Å². The SMILES string of the molecule is CC(C)c1ccc(C(=O)Nc2ccc3c(c2)OCCO3)cc1. The average molecular weight is 297 g/mol. The van der Waals surface area contributed by atoms with Crippen molar-refractivity contribution in [3.05, 3.63) is 53.6 Å². The maximum atomic E-state index is 12.3. The van der Waals surface area contributed by atoms with Crippen molar-refractivity contribution in [1.29, 1.82) is 0 Å². The molecule has 0 bridgehead atoms. The number of amides is 1. The van der Waals surface area contributed by atoms with Crippen LogP contribution in [0.3, 0.4) is 0 Å². The highest BCUT2D eigenvalue weighted by Gasteiger charge is 2.13. The van der Waals surface area contributed by atoms with Gasteiger partial charge in [-0.2, -0.15) is 0 Å². The molecule has 0 fully saturated rings. The molecular formula is C18H19NO3. The van der Waals surface area contributed by atoms with E-state index in [1.54, 1.807) is 6.07 Å². The van der Waals surface area contributed by atoms with Crippen molar-refractivity contribution < 1.29 is 14.3 Å². The van der Waals surface area contributed by atoms with Crippen molar-refractivity contribution in [2.45, 2.75) is 19.8 Å². The normalized spacial score (nSPS) is 13.0. The molecule has 1 aliphatic rings. The third-order valence-electron chi connectivity index (χ3n) is 3.64. The molecule has 4 heteroatoms. The fourth-order valence-electron chi connectivity index (χ4n) is 2.34. The Morgan fingerprint density at radius 3 is 2.36 bits per heavy atom. The minimum Gasteiger partial charge on any atom is -0.486 e. The highest BCUT2D eigenvalue weighted by atomic mass is 16.6. The summed E-state index contributed by atoms with van der Waals surface area (Å²) in [4.78, 5) is 12.3. The Morgan fingerprint density at radius 1 is 1.00 bits per heavy atom. The Kier molecular flexibility index (Phi) is 4.00. The first kappa shape index (κ1) is 14.4. The van der Waals surface area contributed by atoms with Crippen LogP contribution in [-0.4, -0.2) is 19.1 Å². The number of benzene rings is 2. The summed E-state index contributed by atoms with van der Waals surface area (Å²) >= 11 is 0. The molecule has 1 amide bonds. The first-order valence-corrected chi connectivity index (χ1v) is 7.44. The third-order valence-corrected chi connectivity index (χ3v) is 3.64. The quantitative estimate of drug-likeness (QED) is 0.936. The van der Waals surface area contributed by atoms with Crippen LogP contribution in [0, 0.1) is 0 Å². The Hall–Kier alpha value is -2.49. The number of hydrogen-bond donors (Lipinski definition) is 1. The molecule has 0 unspecified atom stereocenters. The average Bonchev–Trinajstić information content (AvgIpc) is 2.55. The summed E-state index contributed by atoms with van der Waals surface area (Å²) in [6.45, 7) is 5.34. The number of fused-ring (bicyclic) bond motifs is 1. The fourth-order valence-corrected chi connectivity index (χ4v) is 2.34. The topological polar surface area (TPSA) is 47.6 Å². The summed E-state index contributed by atoms with van der Waals surface area (Å²) in [5.41, 5.74) is 2.55. The second-order valence-corrected chi connectivity index (χ2v) is 5.59. The Bertz CT molecular complexity index is 677. The summed E-state index contributed by atoms with van der Waals surface area (Å²) in [6.07, 6.45) is 0. The van der Waals surface area contributed by atoms with Crippen LogP contribution >= 0.6 is 0 Å². The molecule has 1 N–H and O–H groups in total. The van der Waals surface area contributed by atoms with Gasteiger partial charge in [-0.25, -0.2) is 0 Å². The van der Waals surface area contributed by atoms with Crippen molar-refractivity contribution >= 4 is 11.6 Å². The lowest BCUT2D eigenvalue weighted by Crippen LogP contribution is -2.16. The van der Waals surface area contributed by atoms with Gasteiger partial charge in [0.25, 0.3) is 5.91 Å². The standard InChI is InChI=1S/C18H19NO3/c1-12(2)13-3-5-14(6-4-13)18(20)19-15-7-8-16-17(11-15)22-10-9-21-16/h3-8,11-12H,9-10H2,1-2H3,(H,19,20). The third kappa shape index (κ3) is 3.06. The summed E-state index contributed by atoms with van der Waals surface area (Å²) in [7, 11) is 0. The highest BCUT2D eigenvalue weighted by Crippen LogP contribution is 2.32. The van der Waals surface area contributed by atoms with Gasteiger partial charge in [0, 0.05) is 17.3 Å². The number of rotatable bonds is 3. The Balaban J connectivity index is 1.73. The number of ether oxygens (including phenoxy) is 2. The van der Waals surface area contributed by atoms with Gasteiger partial charge < -0.3 is 14.8 Å². The zero-order chi connectivity index (χ0) is 15.5. The minimum absolute atomic E-state index is 0.132. The Labute approximate surface area is 130 Å². The predicted molar refractivity (Wildman–Crippen MR) is 85.9 cm³/mol. The van der Waals surface area contributed by atoms with E-state index in [9.17, 15) is 4.79 Å². The van der Waals surface area contributed by atoms with Gasteiger partial charge in [-0.05, 0) is 35.7 Å². The van der Waals surface area contributed by atoms with Crippen LogP contribution in [0.25, 0.3) is 0 Å². The maximum absolute atomic E-state index is 12.3. The molecule has 1 aliphatic heterocycles. The van der Waals surface area contributed by atoms with Gasteiger partial charge in [0.2, 0.25) is 0 Å². The van der Waals surface area contributed by atoms with Crippen molar-refractivity contribution in [1.82, 2.24) is 0 Å². The van der Waals surface area contributed by atoms with Crippen LogP contribution in [0.2, 0.25) is 0 Å². The van der Waals surface area contributed by atoms with Crippen molar-refractivity contribution in [3.63, 3.8) is 0 Å². The largest absolute Gasteiger partial charge is 0.486 e. The lowest BCUT2D eigenvalue weighted by Gasteiger charge is -2.19. The molecule has 22 heavy (non-hydrogen) atoms. The molecule has 0 atom stereocenters. The van der Waals surface area contributed by atoms with E-state index in [0.29, 0.717) is 41.9 Å². The molecular weight excluding hydrogens is 278 g/mol. The zero-order valence-corrected chi connectivity index (χ0v) is 12.8. The van der Waals surface area contributed by atoms with E-state index in [4.69, 9.17) is 9.47 Å². The monoisotopic (exact) mass is 297 g/mol. The summed E-state index contributed by atoms with van der Waals surface area (Å²) in [6, 6.07) is 13.1. The molecule has 0 saturated heterocycles. The van der Waals surface area contributed by atoms with E-state index in [1.807, 2.05) is 36.4 Å². The summed E-state index contributed by atoms with van der Waals surface area (Å²) in [5, 5.41) is 2.88. The van der Waals surface area contributed by atoms with Gasteiger partial charge in [0.1, 0.15) is 13.2 Å². The number of nitrogens with one attached hydrogen (secondary N) is 1. The molecule has 0 radical (unpaired) electrons. The van der Waals surface area contributed by atoms with Gasteiger partial charge in [-0.1, -0.05) is 26.0 Å². The molecule has 2 aromatic carbocycles. The van der Waals surface area contributed by atoms with E-state index < -0.39 is 0 Å². The summed E-state index contributed by atoms with van der Waals surface area (Å²) in [5.74, 6) is 1.70. The fraction of sp³-hybridized carbons (Fsp3) is 0.278. The van der Waals surface area contributed by atoms with Crippen molar-refractivity contribution in [2.75, 3.05) is 18.5 Å². The molecule has 0 aromatic heterocycles. The molecule has 0 spiro atoms. The molecule has 114 valence electrons. The lowest BCUT2D eigenvalue weighted by molar-refractivity contribution is 0.102. The van der Waals surface area contributed by atoms with Gasteiger partial charge in [0.05, 0.1) is 0 Å². The van der Waals surface area contributed by atoms with Crippen molar-refractivity contribution in [3.8, 4) is 11.5 Å². The lowest BCUT2D eigenvalue weighted by atomic mass is 10.0. The van der Waals surface area contributed by atoms with Gasteiger partial charge >= 0.3 is 0 Å². The van der Waals surface area contributed by atoms with Crippen LogP contribution in [0.4, 0.5) is 5.69 Å². The van der Waals surface area contributed by atoms with Crippen LogP contribution in [0.1, 0.15) is 35.7 Å². The summed E-state index contributed by atoms with van der Waals surface area (Å²) < 4.78 is 11.0.